The van der Waals surface area contributed by atoms with Crippen LogP contribution >= 0.6 is 0 Å². The van der Waals surface area contributed by atoms with Gasteiger partial charge in [0.25, 0.3) is 0 Å². The van der Waals surface area contributed by atoms with Gasteiger partial charge in [-0.3, -0.25) is 4.98 Å². The maximum absolute atomic E-state index is 4.46. The molecule has 110 valence electrons. The molecule has 0 aliphatic carbocycles. The van der Waals surface area contributed by atoms with Gasteiger partial charge in [0, 0.05) is 6.20 Å². The molecule has 3 aromatic rings. The van der Waals surface area contributed by atoms with E-state index in [0.29, 0.717) is 0 Å². The number of aromatic nitrogens is 1. The van der Waals surface area contributed by atoms with Gasteiger partial charge in [-0.15, -0.1) is 0 Å². The molecule has 3 rings (SSSR count). The van der Waals surface area contributed by atoms with E-state index >= 15 is 0 Å². The summed E-state index contributed by atoms with van der Waals surface area (Å²) in [5, 5.41) is 2.62. The largest absolute Gasteiger partial charge is 0.257 e. The third-order valence-corrected chi connectivity index (χ3v) is 3.95. The number of fused-ring (bicyclic) bond motifs is 1. The Balaban J connectivity index is 2.10. The summed E-state index contributed by atoms with van der Waals surface area (Å²) in [6.45, 7) is 2.24. The van der Waals surface area contributed by atoms with Gasteiger partial charge in [0.15, 0.2) is 0 Å². The van der Waals surface area contributed by atoms with Crippen LogP contribution in [0.5, 0.6) is 0 Å². The molecule has 22 heavy (non-hydrogen) atoms. The molecule has 0 atom stereocenters. The fourth-order valence-corrected chi connectivity index (χ4v) is 2.80. The van der Waals surface area contributed by atoms with Crippen LogP contribution in [0.15, 0.2) is 66.9 Å². The highest BCUT2D eigenvalue weighted by molar-refractivity contribution is 5.97. The number of rotatable bonds is 5. The number of pyridine rings is 1. The van der Waals surface area contributed by atoms with Gasteiger partial charge >= 0.3 is 0 Å². The maximum Gasteiger partial charge on any atom is 0.0632 e. The van der Waals surface area contributed by atoms with E-state index in [4.69, 9.17) is 0 Å². The van der Waals surface area contributed by atoms with Crippen LogP contribution in [-0.2, 0) is 0 Å². The fourth-order valence-electron chi connectivity index (χ4n) is 2.80. The number of nitrogens with zero attached hydrogens (tertiary/aromatic N) is 1. The molecule has 0 radical (unpaired) electrons. The summed E-state index contributed by atoms with van der Waals surface area (Å²) in [4.78, 5) is 4.46. The average molecular weight is 287 g/mol. The first kappa shape index (κ1) is 14.5. The average Bonchev–Trinajstić information content (AvgIpc) is 2.59. The molecule has 0 N–H and O–H groups in total. The SMILES string of the molecule is CCCC/C(=C/c1ccccn1)c1cccc2ccccc12. The molecular formula is C21H21N. The van der Waals surface area contributed by atoms with E-state index in [1.165, 1.54) is 34.8 Å². The summed E-state index contributed by atoms with van der Waals surface area (Å²) in [7, 11) is 0. The molecule has 0 spiro atoms. The molecule has 0 aliphatic rings. The second-order valence-corrected chi connectivity index (χ2v) is 5.55. The van der Waals surface area contributed by atoms with E-state index in [0.717, 1.165) is 12.1 Å². The van der Waals surface area contributed by atoms with Crippen molar-refractivity contribution in [2.75, 3.05) is 0 Å². The summed E-state index contributed by atoms with van der Waals surface area (Å²) in [6, 6.07) is 21.2. The first-order valence-corrected chi connectivity index (χ1v) is 7.98. The van der Waals surface area contributed by atoms with Crippen LogP contribution in [-0.4, -0.2) is 4.98 Å². The Kier molecular flexibility index (Phi) is 4.65. The Morgan fingerprint density at radius 1 is 0.955 bits per heavy atom. The lowest BCUT2D eigenvalue weighted by molar-refractivity contribution is 0.826. The number of hydrogen-bond donors (Lipinski definition) is 0. The fraction of sp³-hybridized carbons (Fsp3) is 0.190. The van der Waals surface area contributed by atoms with Gasteiger partial charge in [-0.1, -0.05) is 61.9 Å². The molecule has 0 fully saturated rings. The van der Waals surface area contributed by atoms with Crippen LogP contribution in [0.3, 0.4) is 0 Å². The van der Waals surface area contributed by atoms with E-state index in [1.54, 1.807) is 0 Å². The maximum atomic E-state index is 4.46. The Bertz CT molecular complexity index is 767. The highest BCUT2D eigenvalue weighted by Crippen LogP contribution is 2.29. The molecule has 1 heterocycles. The summed E-state index contributed by atoms with van der Waals surface area (Å²) < 4.78 is 0. The van der Waals surface area contributed by atoms with Crippen molar-refractivity contribution in [1.82, 2.24) is 4.98 Å². The van der Waals surface area contributed by atoms with Crippen molar-refractivity contribution >= 4 is 22.4 Å². The first-order valence-electron chi connectivity index (χ1n) is 7.98. The van der Waals surface area contributed by atoms with Gasteiger partial charge in [-0.2, -0.15) is 0 Å². The topological polar surface area (TPSA) is 12.9 Å². The van der Waals surface area contributed by atoms with Crippen molar-refractivity contribution in [3.05, 3.63) is 78.1 Å². The molecular weight excluding hydrogens is 266 g/mol. The zero-order chi connectivity index (χ0) is 15.2. The number of allylic oxidation sites excluding steroid dienone is 1. The number of hydrogen-bond acceptors (Lipinski definition) is 1. The van der Waals surface area contributed by atoms with Crippen molar-refractivity contribution in [3.63, 3.8) is 0 Å². The molecule has 2 aromatic carbocycles. The summed E-state index contributed by atoms with van der Waals surface area (Å²) >= 11 is 0. The lowest BCUT2D eigenvalue weighted by Gasteiger charge is -2.11. The molecule has 0 unspecified atom stereocenters. The molecule has 0 aliphatic heterocycles. The molecule has 0 bridgehead atoms. The van der Waals surface area contributed by atoms with Gasteiger partial charge < -0.3 is 0 Å². The van der Waals surface area contributed by atoms with Gasteiger partial charge in [0.2, 0.25) is 0 Å². The molecule has 0 amide bonds. The van der Waals surface area contributed by atoms with Crippen LogP contribution in [0.2, 0.25) is 0 Å². The van der Waals surface area contributed by atoms with Gasteiger partial charge in [0.05, 0.1) is 5.69 Å². The second kappa shape index (κ2) is 7.04. The standard InChI is InChI=1S/C21H21N/c1-2-3-9-18(16-19-12-6-7-15-22-19)21-14-8-11-17-10-4-5-13-20(17)21/h4-8,10-16H,2-3,9H2,1H3/b18-16-. The van der Waals surface area contributed by atoms with Crippen molar-refractivity contribution in [2.24, 2.45) is 0 Å². The van der Waals surface area contributed by atoms with Crippen LogP contribution in [0.25, 0.3) is 22.4 Å². The van der Waals surface area contributed by atoms with Gasteiger partial charge in [-0.05, 0) is 53.0 Å². The Hall–Kier alpha value is -2.41. The quantitative estimate of drug-likeness (QED) is 0.563. The molecule has 1 aromatic heterocycles. The van der Waals surface area contributed by atoms with Gasteiger partial charge in [-0.25, -0.2) is 0 Å². The smallest absolute Gasteiger partial charge is 0.0632 e. The Labute approximate surface area is 132 Å². The van der Waals surface area contributed by atoms with Crippen molar-refractivity contribution in [2.45, 2.75) is 26.2 Å². The van der Waals surface area contributed by atoms with Crippen LogP contribution < -0.4 is 0 Å². The summed E-state index contributed by atoms with van der Waals surface area (Å²) in [6.07, 6.45) is 7.57. The predicted octanol–water partition coefficient (Wildman–Crippen LogP) is 5.97. The highest BCUT2D eigenvalue weighted by atomic mass is 14.6. The zero-order valence-electron chi connectivity index (χ0n) is 13.0. The minimum atomic E-state index is 1.03. The molecule has 1 nitrogen and oxygen atoms in total. The minimum absolute atomic E-state index is 1.03. The van der Waals surface area contributed by atoms with E-state index < -0.39 is 0 Å². The predicted molar refractivity (Wildman–Crippen MR) is 95.6 cm³/mol. The zero-order valence-corrected chi connectivity index (χ0v) is 13.0. The summed E-state index contributed by atoms with van der Waals surface area (Å²) in [5.41, 5.74) is 3.73. The molecule has 1 heteroatoms. The van der Waals surface area contributed by atoms with Crippen LogP contribution in [0.4, 0.5) is 0 Å². The van der Waals surface area contributed by atoms with Crippen LogP contribution in [0, 0.1) is 0 Å². The lowest BCUT2D eigenvalue weighted by Crippen LogP contribution is -1.89. The van der Waals surface area contributed by atoms with E-state index in [1.807, 2.05) is 18.3 Å². The lowest BCUT2D eigenvalue weighted by atomic mass is 9.94. The molecule has 0 saturated carbocycles. The second-order valence-electron chi connectivity index (χ2n) is 5.55. The number of unbranched alkanes of at least 4 members (excludes halogenated alkanes) is 1. The highest BCUT2D eigenvalue weighted by Gasteiger charge is 2.06. The first-order chi connectivity index (χ1) is 10.9. The third-order valence-electron chi connectivity index (χ3n) is 3.95. The van der Waals surface area contributed by atoms with Crippen molar-refractivity contribution in [3.8, 4) is 0 Å². The van der Waals surface area contributed by atoms with Gasteiger partial charge in [0.1, 0.15) is 0 Å². The van der Waals surface area contributed by atoms with E-state index in [2.05, 4.69) is 66.5 Å². The molecule has 0 saturated heterocycles. The summed E-state index contributed by atoms with van der Waals surface area (Å²) in [5.74, 6) is 0. The van der Waals surface area contributed by atoms with Crippen molar-refractivity contribution < 1.29 is 0 Å². The Morgan fingerprint density at radius 2 is 1.77 bits per heavy atom. The third kappa shape index (κ3) is 3.25. The van der Waals surface area contributed by atoms with Crippen molar-refractivity contribution in [1.29, 1.82) is 0 Å². The monoisotopic (exact) mass is 287 g/mol. The van der Waals surface area contributed by atoms with Crippen LogP contribution in [0.1, 0.15) is 37.4 Å². The van der Waals surface area contributed by atoms with E-state index in [-0.39, 0.29) is 0 Å². The normalized spacial score (nSPS) is 11.8. The van der Waals surface area contributed by atoms with E-state index in [9.17, 15) is 0 Å². The Morgan fingerprint density at radius 3 is 2.59 bits per heavy atom. The number of benzene rings is 2. The minimum Gasteiger partial charge on any atom is -0.257 e.